The molecule has 0 unspecified atom stereocenters. The van der Waals surface area contributed by atoms with E-state index < -0.39 is 18.3 Å². The first-order valence-corrected chi connectivity index (χ1v) is 4.25. The van der Waals surface area contributed by atoms with Gasteiger partial charge < -0.3 is 5.32 Å². The largest absolute Gasteiger partial charge is 0.383 e. The fraction of sp³-hybridized carbons (Fsp3) is 0.500. The van der Waals surface area contributed by atoms with Gasteiger partial charge in [0.25, 0.3) is 0 Å². The number of carbonyl (C=O) groups excluding carboxylic acids is 1. The number of amides is 1. The molecule has 1 rings (SSSR count). The summed E-state index contributed by atoms with van der Waals surface area (Å²) in [5, 5.41) is 7.77. The van der Waals surface area contributed by atoms with Crippen molar-refractivity contribution in [3.05, 3.63) is 11.4 Å². The number of nitrogens with one attached hydrogen (secondary N) is 2. The molecule has 0 aliphatic carbocycles. The zero-order valence-electron chi connectivity index (χ0n) is 8.44. The summed E-state index contributed by atoms with van der Waals surface area (Å²) in [4.78, 5) is 10.9. The van der Waals surface area contributed by atoms with Crippen LogP contribution in [-0.2, 0) is 4.79 Å². The van der Waals surface area contributed by atoms with Crippen molar-refractivity contribution in [2.24, 2.45) is 0 Å². The summed E-state index contributed by atoms with van der Waals surface area (Å²) in [5.74, 6) is -6.76. The number of anilines is 1. The van der Waals surface area contributed by atoms with Crippen LogP contribution in [0.3, 0.4) is 0 Å². The number of alkyl halides is 4. The second-order valence-electron chi connectivity index (χ2n) is 3.19. The molecule has 0 radical (unpaired) electrons. The molecule has 16 heavy (non-hydrogen) atoms. The smallest absolute Gasteiger partial charge is 0.317 e. The monoisotopic (exact) mass is 239 g/mol. The van der Waals surface area contributed by atoms with Gasteiger partial charge in [-0.3, -0.25) is 9.89 Å². The van der Waals surface area contributed by atoms with Crippen molar-refractivity contribution in [2.45, 2.75) is 26.2 Å². The summed E-state index contributed by atoms with van der Waals surface area (Å²) in [6.07, 6.45) is -4.04. The number of aromatic nitrogens is 2. The maximum atomic E-state index is 12.6. The van der Waals surface area contributed by atoms with Crippen LogP contribution in [0.1, 0.15) is 11.4 Å². The Morgan fingerprint density at radius 1 is 1.44 bits per heavy atom. The SMILES string of the molecule is Cc1n[nH]c(C)c1NC(=O)C(F)(F)C(F)F. The van der Waals surface area contributed by atoms with Crippen LogP contribution >= 0.6 is 0 Å². The molecule has 0 bridgehead atoms. The van der Waals surface area contributed by atoms with Crippen molar-refractivity contribution >= 4 is 11.6 Å². The van der Waals surface area contributed by atoms with Crippen molar-refractivity contribution in [1.29, 1.82) is 0 Å². The van der Waals surface area contributed by atoms with Gasteiger partial charge in [-0.2, -0.15) is 13.9 Å². The highest BCUT2D eigenvalue weighted by Gasteiger charge is 2.49. The van der Waals surface area contributed by atoms with Crippen LogP contribution in [0, 0.1) is 13.8 Å². The van der Waals surface area contributed by atoms with E-state index in [1.165, 1.54) is 13.8 Å². The molecule has 1 amide bonds. The van der Waals surface area contributed by atoms with Gasteiger partial charge in [0.15, 0.2) is 0 Å². The molecule has 0 atom stereocenters. The maximum absolute atomic E-state index is 12.6. The zero-order valence-corrected chi connectivity index (χ0v) is 8.44. The fourth-order valence-corrected chi connectivity index (χ4v) is 1.03. The standard InChI is InChI=1S/C8H9F4N3O/c1-3-5(4(2)15-14-3)13-7(16)8(11,12)6(9)10/h6H,1-2H3,(H,13,16)(H,14,15). The lowest BCUT2D eigenvalue weighted by Gasteiger charge is -2.14. The molecule has 0 spiro atoms. The van der Waals surface area contributed by atoms with Gasteiger partial charge in [-0.25, -0.2) is 8.78 Å². The molecule has 0 aromatic carbocycles. The van der Waals surface area contributed by atoms with Gasteiger partial charge in [0.05, 0.1) is 17.1 Å². The Labute approximate surface area is 88.0 Å². The van der Waals surface area contributed by atoms with Crippen molar-refractivity contribution in [2.75, 3.05) is 5.32 Å². The molecule has 0 fully saturated rings. The van der Waals surface area contributed by atoms with E-state index >= 15 is 0 Å². The average Bonchev–Trinajstić information content (AvgIpc) is 2.49. The number of halogens is 4. The topological polar surface area (TPSA) is 57.8 Å². The Morgan fingerprint density at radius 3 is 2.38 bits per heavy atom. The van der Waals surface area contributed by atoms with Crippen molar-refractivity contribution in [1.82, 2.24) is 10.2 Å². The van der Waals surface area contributed by atoms with Crippen LogP contribution in [0.4, 0.5) is 23.2 Å². The number of aryl methyl sites for hydroxylation is 2. The van der Waals surface area contributed by atoms with Gasteiger partial charge >= 0.3 is 18.3 Å². The summed E-state index contributed by atoms with van der Waals surface area (Å²) >= 11 is 0. The summed E-state index contributed by atoms with van der Waals surface area (Å²) in [6, 6.07) is 0. The predicted molar refractivity (Wildman–Crippen MR) is 47.6 cm³/mol. The molecule has 0 aliphatic heterocycles. The number of hydrogen-bond acceptors (Lipinski definition) is 2. The van der Waals surface area contributed by atoms with Crippen LogP contribution in [0.15, 0.2) is 0 Å². The highest BCUT2D eigenvalue weighted by molar-refractivity contribution is 5.97. The average molecular weight is 239 g/mol. The van der Waals surface area contributed by atoms with E-state index in [-0.39, 0.29) is 11.4 Å². The van der Waals surface area contributed by atoms with Gasteiger partial charge in [-0.15, -0.1) is 0 Å². The van der Waals surface area contributed by atoms with E-state index in [9.17, 15) is 22.4 Å². The molecule has 1 aromatic heterocycles. The van der Waals surface area contributed by atoms with Crippen LogP contribution in [0.25, 0.3) is 0 Å². The normalized spacial score (nSPS) is 11.9. The first-order chi connectivity index (χ1) is 7.26. The van der Waals surface area contributed by atoms with Gasteiger partial charge in [-0.1, -0.05) is 0 Å². The number of hydrogen-bond donors (Lipinski definition) is 2. The summed E-state index contributed by atoms with van der Waals surface area (Å²) in [6.45, 7) is 2.91. The molecule has 0 aliphatic rings. The number of H-pyrrole nitrogens is 1. The minimum absolute atomic E-state index is 0.00896. The minimum atomic E-state index is -4.71. The molecule has 0 saturated heterocycles. The zero-order chi connectivity index (χ0) is 12.5. The molecule has 2 N–H and O–H groups in total. The molecule has 1 heterocycles. The summed E-state index contributed by atoms with van der Waals surface area (Å²) in [7, 11) is 0. The van der Waals surface area contributed by atoms with E-state index in [4.69, 9.17) is 0 Å². The van der Waals surface area contributed by atoms with Crippen LogP contribution < -0.4 is 5.32 Å². The second-order valence-corrected chi connectivity index (χ2v) is 3.19. The van der Waals surface area contributed by atoms with Crippen molar-refractivity contribution in [3.63, 3.8) is 0 Å². The lowest BCUT2D eigenvalue weighted by molar-refractivity contribution is -0.163. The third-order valence-electron chi connectivity index (χ3n) is 1.94. The Balaban J connectivity index is 2.87. The molecular weight excluding hydrogens is 230 g/mol. The van der Waals surface area contributed by atoms with Gasteiger partial charge in [0.1, 0.15) is 0 Å². The van der Waals surface area contributed by atoms with Crippen LogP contribution in [0.5, 0.6) is 0 Å². The lowest BCUT2D eigenvalue weighted by atomic mass is 10.2. The number of aromatic amines is 1. The Bertz CT molecular complexity index is 382. The van der Waals surface area contributed by atoms with Crippen LogP contribution in [0.2, 0.25) is 0 Å². The van der Waals surface area contributed by atoms with E-state index in [0.29, 0.717) is 5.69 Å². The van der Waals surface area contributed by atoms with E-state index in [0.717, 1.165) is 0 Å². The van der Waals surface area contributed by atoms with E-state index in [2.05, 4.69) is 10.2 Å². The molecule has 90 valence electrons. The van der Waals surface area contributed by atoms with Gasteiger partial charge in [0.2, 0.25) is 0 Å². The molecule has 1 aromatic rings. The molecule has 8 heteroatoms. The fourth-order valence-electron chi connectivity index (χ4n) is 1.03. The quantitative estimate of drug-likeness (QED) is 0.791. The maximum Gasteiger partial charge on any atom is 0.383 e. The predicted octanol–water partition coefficient (Wildman–Crippen LogP) is 1.87. The number of rotatable bonds is 3. The number of nitrogens with zero attached hydrogens (tertiary/aromatic N) is 1. The Kier molecular flexibility index (Phi) is 3.20. The second kappa shape index (κ2) is 4.11. The third-order valence-corrected chi connectivity index (χ3v) is 1.94. The van der Waals surface area contributed by atoms with E-state index in [1.807, 2.05) is 0 Å². The van der Waals surface area contributed by atoms with E-state index in [1.54, 1.807) is 5.32 Å². The minimum Gasteiger partial charge on any atom is -0.317 e. The molecular formula is C8H9F4N3O. The Hall–Kier alpha value is -1.60. The third kappa shape index (κ3) is 2.15. The summed E-state index contributed by atoms with van der Waals surface area (Å²) in [5.41, 5.74) is 0.553. The van der Waals surface area contributed by atoms with Gasteiger partial charge in [0, 0.05) is 0 Å². The van der Waals surface area contributed by atoms with Crippen molar-refractivity contribution < 1.29 is 22.4 Å². The van der Waals surface area contributed by atoms with Gasteiger partial charge in [-0.05, 0) is 13.8 Å². The van der Waals surface area contributed by atoms with Crippen molar-refractivity contribution in [3.8, 4) is 0 Å². The number of carbonyl (C=O) groups is 1. The Morgan fingerprint density at radius 2 is 2.00 bits per heavy atom. The molecule has 4 nitrogen and oxygen atoms in total. The molecule has 0 saturated carbocycles. The van der Waals surface area contributed by atoms with Crippen LogP contribution in [-0.4, -0.2) is 28.5 Å². The lowest BCUT2D eigenvalue weighted by Crippen LogP contribution is -2.41. The first kappa shape index (κ1) is 12.5. The highest BCUT2D eigenvalue weighted by atomic mass is 19.3. The summed E-state index contributed by atoms with van der Waals surface area (Å²) < 4.78 is 48.9. The first-order valence-electron chi connectivity index (χ1n) is 4.25. The highest BCUT2D eigenvalue weighted by Crippen LogP contribution is 2.26.